The zero-order valence-corrected chi connectivity index (χ0v) is 19.1. The van der Waals surface area contributed by atoms with Gasteiger partial charge < -0.3 is 10.4 Å². The van der Waals surface area contributed by atoms with Gasteiger partial charge in [0, 0.05) is 22.0 Å². The van der Waals surface area contributed by atoms with Crippen LogP contribution in [0.1, 0.15) is 67.4 Å². The lowest BCUT2D eigenvalue weighted by Crippen LogP contribution is -2.16. The molecule has 2 heterocycles. The number of aliphatic hydroxyl groups is 1. The van der Waals surface area contributed by atoms with Gasteiger partial charge in [0.05, 0.1) is 5.60 Å². The van der Waals surface area contributed by atoms with Crippen molar-refractivity contribution in [2.75, 3.05) is 12.0 Å². The summed E-state index contributed by atoms with van der Waals surface area (Å²) in [6, 6.07) is 1.17. The van der Waals surface area contributed by atoms with E-state index in [4.69, 9.17) is 10.1 Å². The van der Waals surface area contributed by atoms with Crippen molar-refractivity contribution in [2.45, 2.75) is 69.6 Å². The van der Waals surface area contributed by atoms with Crippen molar-refractivity contribution in [3.63, 3.8) is 0 Å². The van der Waals surface area contributed by atoms with E-state index in [1.807, 2.05) is 6.92 Å². The van der Waals surface area contributed by atoms with Gasteiger partial charge in [-0.15, -0.1) is 11.3 Å². The fourth-order valence-electron chi connectivity index (χ4n) is 3.62. The number of nitrogens with one attached hydrogen (secondary N) is 1. The van der Waals surface area contributed by atoms with Crippen LogP contribution in [0.3, 0.4) is 0 Å². The first-order valence-electron chi connectivity index (χ1n) is 9.70. The summed E-state index contributed by atoms with van der Waals surface area (Å²) < 4.78 is 31.1. The Balaban J connectivity index is 1.90. The Morgan fingerprint density at radius 1 is 1.45 bits per heavy atom. The third-order valence-electron chi connectivity index (χ3n) is 5.09. The maximum atomic E-state index is 14.3. The molecule has 0 spiro atoms. The van der Waals surface area contributed by atoms with E-state index in [1.54, 1.807) is 0 Å². The molecule has 6 nitrogen and oxygen atoms in total. The SMILES string of the molecule is Cc1c(C(C)C)nc2c(c1NCN=S(N)(=O)c1sc(C(C)(C)O)cc1F)CCC2. The molecule has 0 amide bonds. The van der Waals surface area contributed by atoms with Crippen molar-refractivity contribution < 1.29 is 13.7 Å². The van der Waals surface area contributed by atoms with E-state index < -0.39 is 21.3 Å². The van der Waals surface area contributed by atoms with Crippen LogP contribution in [-0.2, 0) is 28.4 Å². The molecule has 3 rings (SSSR count). The van der Waals surface area contributed by atoms with Crippen LogP contribution in [0.5, 0.6) is 0 Å². The topological polar surface area (TPSA) is 101 Å². The molecule has 0 bridgehead atoms. The van der Waals surface area contributed by atoms with Crippen LogP contribution in [-0.4, -0.2) is 21.0 Å². The molecule has 2 aromatic heterocycles. The standard InChI is InChI=1S/C20H29FN4O2S2/c1-11(2)17-12(3)18(13-7-6-8-15(13)25-17)23-10-24-29(22,27)19-14(21)9-16(28-19)20(4,5)26/h9,11,26H,6-8,10H2,1-5H3,(H,23,25)(H2,22,24,27). The minimum absolute atomic E-state index is 0.000642. The molecule has 1 aliphatic carbocycles. The number of aryl methyl sites for hydroxylation is 1. The molecule has 1 aliphatic rings. The zero-order valence-electron chi connectivity index (χ0n) is 17.5. The lowest BCUT2D eigenvalue weighted by molar-refractivity contribution is 0.0823. The summed E-state index contributed by atoms with van der Waals surface area (Å²) in [5, 5.41) is 19.2. The van der Waals surface area contributed by atoms with E-state index in [0.29, 0.717) is 4.88 Å². The average Bonchev–Trinajstić information content (AvgIpc) is 3.22. The van der Waals surface area contributed by atoms with Gasteiger partial charge in [-0.2, -0.15) is 4.36 Å². The lowest BCUT2D eigenvalue weighted by Gasteiger charge is -2.18. The maximum absolute atomic E-state index is 14.3. The minimum Gasteiger partial charge on any atom is -0.385 e. The smallest absolute Gasteiger partial charge is 0.152 e. The molecule has 4 N–H and O–H groups in total. The first kappa shape index (κ1) is 22.1. The first-order valence-corrected chi connectivity index (χ1v) is 12.1. The number of pyridine rings is 1. The number of aromatic nitrogens is 1. The number of thiophene rings is 1. The summed E-state index contributed by atoms with van der Waals surface area (Å²) in [6.45, 7) is 9.32. The largest absolute Gasteiger partial charge is 0.385 e. The Kier molecular flexibility index (Phi) is 6.06. The quantitative estimate of drug-likeness (QED) is 0.627. The molecular weight excluding hydrogens is 411 g/mol. The van der Waals surface area contributed by atoms with Crippen LogP contribution in [0.25, 0.3) is 0 Å². The van der Waals surface area contributed by atoms with Gasteiger partial charge in [0.2, 0.25) is 0 Å². The Labute approximate surface area is 176 Å². The van der Waals surface area contributed by atoms with E-state index in [0.717, 1.165) is 53.2 Å². The molecule has 0 fully saturated rings. The van der Waals surface area contributed by atoms with E-state index >= 15 is 0 Å². The molecule has 0 saturated carbocycles. The highest BCUT2D eigenvalue weighted by molar-refractivity contribution is 7.93. The third kappa shape index (κ3) is 4.47. The van der Waals surface area contributed by atoms with Crippen molar-refractivity contribution in [3.8, 4) is 0 Å². The highest BCUT2D eigenvalue weighted by Crippen LogP contribution is 2.35. The predicted molar refractivity (Wildman–Crippen MR) is 116 cm³/mol. The first-order chi connectivity index (χ1) is 13.4. The lowest BCUT2D eigenvalue weighted by atomic mass is 9.99. The zero-order chi connectivity index (χ0) is 21.6. The summed E-state index contributed by atoms with van der Waals surface area (Å²) in [6.07, 6.45) is 2.95. The molecule has 0 aliphatic heterocycles. The van der Waals surface area contributed by atoms with Gasteiger partial charge in [-0.05, 0) is 63.1 Å². The molecule has 0 radical (unpaired) electrons. The van der Waals surface area contributed by atoms with Crippen LogP contribution in [0, 0.1) is 12.7 Å². The molecule has 1 atom stereocenters. The number of nitrogens with two attached hydrogens (primary N) is 1. The molecular formula is C20H29FN4O2S2. The minimum atomic E-state index is -3.42. The van der Waals surface area contributed by atoms with Crippen LogP contribution >= 0.6 is 11.3 Å². The van der Waals surface area contributed by atoms with Gasteiger partial charge in [-0.3, -0.25) is 4.98 Å². The molecule has 160 valence electrons. The fourth-order valence-corrected chi connectivity index (χ4v) is 6.01. The van der Waals surface area contributed by atoms with E-state index in [9.17, 15) is 13.7 Å². The van der Waals surface area contributed by atoms with E-state index in [-0.39, 0.29) is 16.8 Å². The number of rotatable bonds is 6. The summed E-state index contributed by atoms with van der Waals surface area (Å²) in [5.74, 6) is -0.413. The number of nitrogens with zero attached hydrogens (tertiary/aromatic N) is 2. The number of fused-ring (bicyclic) bond motifs is 1. The van der Waals surface area contributed by atoms with Gasteiger partial charge in [-0.1, -0.05) is 13.8 Å². The third-order valence-corrected chi connectivity index (χ3v) is 8.51. The van der Waals surface area contributed by atoms with Gasteiger partial charge in [0.15, 0.2) is 10.0 Å². The Bertz CT molecular complexity index is 1050. The summed E-state index contributed by atoms with van der Waals surface area (Å²) >= 11 is 0.892. The molecule has 29 heavy (non-hydrogen) atoms. The van der Waals surface area contributed by atoms with Crippen molar-refractivity contribution in [1.29, 1.82) is 0 Å². The molecule has 0 saturated heterocycles. The predicted octanol–water partition coefficient (Wildman–Crippen LogP) is 4.20. The molecule has 9 heteroatoms. The van der Waals surface area contributed by atoms with Crippen molar-refractivity contribution >= 4 is 26.9 Å². The Morgan fingerprint density at radius 2 is 2.14 bits per heavy atom. The maximum Gasteiger partial charge on any atom is 0.152 e. The van der Waals surface area contributed by atoms with E-state index in [2.05, 4.69) is 23.5 Å². The summed E-state index contributed by atoms with van der Waals surface area (Å²) in [5.41, 5.74) is 4.12. The van der Waals surface area contributed by atoms with Crippen LogP contribution in [0.4, 0.5) is 10.1 Å². The highest BCUT2D eigenvalue weighted by Gasteiger charge is 2.26. The second-order valence-electron chi connectivity index (χ2n) is 8.27. The molecule has 0 aromatic carbocycles. The highest BCUT2D eigenvalue weighted by atomic mass is 32.2. The monoisotopic (exact) mass is 440 g/mol. The molecule has 1 unspecified atom stereocenters. The van der Waals surface area contributed by atoms with Crippen molar-refractivity contribution in [1.82, 2.24) is 4.98 Å². The summed E-state index contributed by atoms with van der Waals surface area (Å²) in [4.78, 5) is 5.19. The van der Waals surface area contributed by atoms with Crippen LogP contribution in [0.15, 0.2) is 14.6 Å². The second kappa shape index (κ2) is 7.94. The Morgan fingerprint density at radius 3 is 2.72 bits per heavy atom. The second-order valence-corrected chi connectivity index (χ2v) is 11.4. The van der Waals surface area contributed by atoms with Gasteiger partial charge in [0.1, 0.15) is 16.6 Å². The number of anilines is 1. The number of halogens is 1. The van der Waals surface area contributed by atoms with Crippen molar-refractivity contribution in [3.05, 3.63) is 39.3 Å². The summed E-state index contributed by atoms with van der Waals surface area (Å²) in [7, 11) is -3.42. The average molecular weight is 441 g/mol. The van der Waals surface area contributed by atoms with Crippen LogP contribution in [0.2, 0.25) is 0 Å². The van der Waals surface area contributed by atoms with Crippen LogP contribution < -0.4 is 10.5 Å². The van der Waals surface area contributed by atoms with Gasteiger partial charge in [-0.25, -0.2) is 13.7 Å². The van der Waals surface area contributed by atoms with Crippen molar-refractivity contribution in [2.24, 2.45) is 9.50 Å². The fraction of sp³-hybridized carbons (Fsp3) is 0.550. The van der Waals surface area contributed by atoms with E-state index in [1.165, 1.54) is 25.5 Å². The van der Waals surface area contributed by atoms with Gasteiger partial charge in [0.25, 0.3) is 0 Å². The normalized spacial score (nSPS) is 16.0. The number of hydrogen-bond acceptors (Lipinski definition) is 6. The van der Waals surface area contributed by atoms with Gasteiger partial charge >= 0.3 is 0 Å². The number of hydrogen-bond donors (Lipinski definition) is 3. The molecule has 2 aromatic rings. The Hall–Kier alpha value is -1.55.